The van der Waals surface area contributed by atoms with Gasteiger partial charge in [-0.3, -0.25) is 0 Å². The van der Waals surface area contributed by atoms with Crippen LogP contribution < -0.4 is 5.32 Å². The van der Waals surface area contributed by atoms with Crippen molar-refractivity contribution in [1.82, 2.24) is 10.2 Å². The first-order chi connectivity index (χ1) is 9.11. The number of carbonyl (C=O) groups excluding carboxylic acids is 1. The lowest BCUT2D eigenvalue weighted by atomic mass is 9.95. The highest BCUT2D eigenvalue weighted by Crippen LogP contribution is 2.27. The molecule has 1 aliphatic heterocycles. The Bertz CT molecular complexity index is 354. The van der Waals surface area contributed by atoms with Crippen LogP contribution in [0, 0.1) is 0 Å². The van der Waals surface area contributed by atoms with Crippen molar-refractivity contribution in [1.29, 1.82) is 0 Å². The fourth-order valence-electron chi connectivity index (χ4n) is 2.60. The van der Waals surface area contributed by atoms with Crippen LogP contribution in [0.15, 0.2) is 0 Å². The zero-order valence-electron chi connectivity index (χ0n) is 11.0. The maximum atomic E-state index is 12.2. The Kier molecular flexibility index (Phi) is 5.27. The Balaban J connectivity index is 1.88. The highest BCUT2D eigenvalue weighted by Gasteiger charge is 2.35. The van der Waals surface area contributed by atoms with Crippen LogP contribution in [-0.2, 0) is 4.79 Å². The molecule has 2 N–H and O–H groups in total. The van der Waals surface area contributed by atoms with Crippen molar-refractivity contribution in [2.45, 2.75) is 43.0 Å². The summed E-state index contributed by atoms with van der Waals surface area (Å²) >= 11 is 3.35. The summed E-state index contributed by atoms with van der Waals surface area (Å²) in [6, 6.07) is -0.701. The topological polar surface area (TPSA) is 69.6 Å². The first kappa shape index (κ1) is 14.8. The molecular formula is C12H20N2O3S2. The standard InChI is InChI=1S/C12H20N2O3S2/c1-18-9-4-2-3-8(5-9)13-12(17)14-7-19-6-10(14)11(15)16/h8-10H,2-7H2,1H3,(H,13,17)(H,15,16). The van der Waals surface area contributed by atoms with Gasteiger partial charge in [0.05, 0.1) is 5.88 Å². The van der Waals surface area contributed by atoms with E-state index in [-0.39, 0.29) is 12.1 Å². The van der Waals surface area contributed by atoms with Gasteiger partial charge in [0.1, 0.15) is 6.04 Å². The number of nitrogens with one attached hydrogen (secondary N) is 1. The Labute approximate surface area is 121 Å². The van der Waals surface area contributed by atoms with Gasteiger partial charge in [0.25, 0.3) is 0 Å². The summed E-state index contributed by atoms with van der Waals surface area (Å²) in [6.07, 6.45) is 6.44. The van der Waals surface area contributed by atoms with Crippen molar-refractivity contribution in [2.24, 2.45) is 0 Å². The van der Waals surface area contributed by atoms with Crippen molar-refractivity contribution >= 4 is 35.5 Å². The number of rotatable bonds is 3. The monoisotopic (exact) mass is 304 g/mol. The van der Waals surface area contributed by atoms with Crippen LogP contribution in [0.4, 0.5) is 4.79 Å². The van der Waals surface area contributed by atoms with Gasteiger partial charge in [0.15, 0.2) is 0 Å². The summed E-state index contributed by atoms with van der Waals surface area (Å²) in [5.74, 6) is 0.0493. The summed E-state index contributed by atoms with van der Waals surface area (Å²) in [4.78, 5) is 24.7. The lowest BCUT2D eigenvalue weighted by Crippen LogP contribution is -2.50. The second kappa shape index (κ2) is 6.74. The third-order valence-corrected chi connectivity index (χ3v) is 5.82. The molecule has 3 unspecified atom stereocenters. The average molecular weight is 304 g/mol. The van der Waals surface area contributed by atoms with Crippen LogP contribution in [0.25, 0.3) is 0 Å². The maximum Gasteiger partial charge on any atom is 0.327 e. The van der Waals surface area contributed by atoms with E-state index in [4.69, 9.17) is 5.11 Å². The number of hydrogen-bond acceptors (Lipinski definition) is 4. The summed E-state index contributed by atoms with van der Waals surface area (Å²) in [7, 11) is 0. The number of thioether (sulfide) groups is 2. The quantitative estimate of drug-likeness (QED) is 0.832. The second-order valence-corrected chi connectivity index (χ2v) is 7.13. The van der Waals surface area contributed by atoms with Crippen LogP contribution >= 0.6 is 23.5 Å². The van der Waals surface area contributed by atoms with Crippen LogP contribution in [0.2, 0.25) is 0 Å². The summed E-state index contributed by atoms with van der Waals surface area (Å²) in [5, 5.41) is 12.7. The fourth-order valence-corrected chi connectivity index (χ4v) is 4.57. The zero-order chi connectivity index (χ0) is 13.8. The van der Waals surface area contributed by atoms with Crippen molar-refractivity contribution < 1.29 is 14.7 Å². The molecule has 7 heteroatoms. The average Bonchev–Trinajstić information content (AvgIpc) is 2.88. The largest absolute Gasteiger partial charge is 0.480 e. The summed E-state index contributed by atoms with van der Waals surface area (Å²) in [6.45, 7) is 0. The molecular weight excluding hydrogens is 284 g/mol. The van der Waals surface area contributed by atoms with Gasteiger partial charge >= 0.3 is 12.0 Å². The molecule has 5 nitrogen and oxygen atoms in total. The molecule has 0 bridgehead atoms. The maximum absolute atomic E-state index is 12.2. The van der Waals surface area contributed by atoms with Gasteiger partial charge in [0, 0.05) is 17.0 Å². The Morgan fingerprint density at radius 1 is 1.42 bits per heavy atom. The van der Waals surface area contributed by atoms with Crippen molar-refractivity contribution in [3.63, 3.8) is 0 Å². The summed E-state index contributed by atoms with van der Waals surface area (Å²) in [5.41, 5.74) is 0. The molecule has 2 fully saturated rings. The molecule has 108 valence electrons. The van der Waals surface area contributed by atoms with E-state index in [0.717, 1.165) is 19.3 Å². The van der Waals surface area contributed by atoms with Crippen molar-refractivity contribution in [3.05, 3.63) is 0 Å². The highest BCUT2D eigenvalue weighted by atomic mass is 32.2. The Hall–Kier alpha value is -0.560. The Morgan fingerprint density at radius 3 is 2.89 bits per heavy atom. The van der Waals surface area contributed by atoms with Gasteiger partial charge in [-0.2, -0.15) is 11.8 Å². The van der Waals surface area contributed by atoms with Gasteiger partial charge in [-0.1, -0.05) is 6.42 Å². The molecule has 0 aromatic rings. The number of carboxylic acids is 1. The molecule has 0 aromatic carbocycles. The third-order valence-electron chi connectivity index (χ3n) is 3.72. The predicted octanol–water partition coefficient (Wildman–Crippen LogP) is 1.83. The number of carboxylic acid groups (broad SMARTS) is 1. The minimum atomic E-state index is -0.911. The first-order valence-corrected chi connectivity index (χ1v) is 8.96. The normalized spacial score (nSPS) is 31.2. The zero-order valence-corrected chi connectivity index (χ0v) is 12.6. The third kappa shape index (κ3) is 3.72. The van der Waals surface area contributed by atoms with E-state index in [1.807, 2.05) is 11.8 Å². The minimum absolute atomic E-state index is 0.193. The number of hydrogen-bond donors (Lipinski definition) is 2. The van der Waals surface area contributed by atoms with Crippen LogP contribution in [0.3, 0.4) is 0 Å². The van der Waals surface area contributed by atoms with E-state index in [0.29, 0.717) is 16.9 Å². The molecule has 19 heavy (non-hydrogen) atoms. The summed E-state index contributed by atoms with van der Waals surface area (Å²) < 4.78 is 0. The number of carbonyl (C=O) groups is 2. The van der Waals surface area contributed by atoms with Gasteiger partial charge in [-0.05, 0) is 25.5 Å². The predicted molar refractivity (Wildman–Crippen MR) is 78.7 cm³/mol. The fraction of sp³-hybridized carbons (Fsp3) is 0.833. The number of nitrogens with zero attached hydrogens (tertiary/aromatic N) is 1. The Morgan fingerprint density at radius 2 is 2.21 bits per heavy atom. The number of aliphatic carboxylic acids is 1. The second-order valence-electron chi connectivity index (χ2n) is 4.99. The van der Waals surface area contributed by atoms with E-state index < -0.39 is 12.0 Å². The molecule has 1 saturated carbocycles. The molecule has 2 rings (SSSR count). The SMILES string of the molecule is CSC1CCCC(NC(=O)N2CSCC2C(=O)O)C1. The van der Waals surface area contributed by atoms with E-state index in [2.05, 4.69) is 11.6 Å². The lowest BCUT2D eigenvalue weighted by Gasteiger charge is -2.31. The van der Waals surface area contributed by atoms with Crippen molar-refractivity contribution in [3.8, 4) is 0 Å². The smallest absolute Gasteiger partial charge is 0.327 e. The lowest BCUT2D eigenvalue weighted by molar-refractivity contribution is -0.140. The van der Waals surface area contributed by atoms with Gasteiger partial charge in [-0.15, -0.1) is 11.8 Å². The molecule has 0 radical (unpaired) electrons. The molecule has 2 aliphatic rings. The highest BCUT2D eigenvalue weighted by molar-refractivity contribution is 7.99. The molecule has 1 aliphatic carbocycles. The van der Waals surface area contributed by atoms with E-state index >= 15 is 0 Å². The molecule has 3 atom stereocenters. The van der Waals surface area contributed by atoms with Gasteiger partial charge in [-0.25, -0.2) is 9.59 Å². The van der Waals surface area contributed by atoms with E-state index in [1.165, 1.54) is 23.1 Å². The molecule has 2 amide bonds. The number of amides is 2. The van der Waals surface area contributed by atoms with Crippen LogP contribution in [-0.4, -0.2) is 57.2 Å². The molecule has 0 aromatic heterocycles. The minimum Gasteiger partial charge on any atom is -0.480 e. The van der Waals surface area contributed by atoms with Gasteiger partial charge < -0.3 is 15.3 Å². The molecule has 1 saturated heterocycles. The van der Waals surface area contributed by atoms with E-state index in [9.17, 15) is 9.59 Å². The molecule has 0 spiro atoms. The van der Waals surface area contributed by atoms with Crippen LogP contribution in [0.5, 0.6) is 0 Å². The number of urea groups is 1. The van der Waals surface area contributed by atoms with E-state index in [1.54, 1.807) is 0 Å². The van der Waals surface area contributed by atoms with Crippen molar-refractivity contribution in [2.75, 3.05) is 17.9 Å². The van der Waals surface area contributed by atoms with Crippen LogP contribution in [0.1, 0.15) is 25.7 Å². The first-order valence-electron chi connectivity index (χ1n) is 6.52. The van der Waals surface area contributed by atoms with Gasteiger partial charge in [0.2, 0.25) is 0 Å². The molecule has 1 heterocycles.